The summed E-state index contributed by atoms with van der Waals surface area (Å²) in [4.78, 5) is 17.4. The Morgan fingerprint density at radius 3 is 2.73 bits per heavy atom. The molecule has 1 saturated heterocycles. The third-order valence-corrected chi connectivity index (χ3v) is 4.56. The molecule has 1 aromatic rings. The van der Waals surface area contributed by atoms with E-state index in [1.54, 1.807) is 6.20 Å². The number of piperidine rings is 1. The lowest BCUT2D eigenvalue weighted by Gasteiger charge is -2.26. The predicted molar refractivity (Wildman–Crippen MR) is 108 cm³/mol. The number of hydrogen-bond donors (Lipinski definition) is 2. The summed E-state index contributed by atoms with van der Waals surface area (Å²) in [6.07, 6.45) is 14.2. The molecule has 2 N–H and O–H groups in total. The minimum absolute atomic E-state index is 0.651. The fourth-order valence-electron chi connectivity index (χ4n) is 3.22. The number of rotatable bonds is 8. The Bertz CT molecular complexity index is 685. The molecule has 0 atom stereocenters. The maximum absolute atomic E-state index is 10.4. The first-order valence-corrected chi connectivity index (χ1v) is 9.25. The lowest BCUT2D eigenvalue weighted by atomic mass is 10.0. The number of nitrogens with zero attached hydrogens (tertiary/aromatic N) is 2. The van der Waals surface area contributed by atoms with E-state index in [1.807, 2.05) is 32.3 Å². The Kier molecular flexibility index (Phi) is 8.09. The van der Waals surface area contributed by atoms with Gasteiger partial charge in [0.2, 0.25) is 6.41 Å². The van der Waals surface area contributed by atoms with E-state index in [0.29, 0.717) is 6.41 Å². The summed E-state index contributed by atoms with van der Waals surface area (Å²) in [6.45, 7) is 7.64. The van der Waals surface area contributed by atoms with Crippen LogP contribution in [-0.2, 0) is 4.79 Å². The highest BCUT2D eigenvalue weighted by atomic mass is 16.1. The lowest BCUT2D eigenvalue weighted by molar-refractivity contribution is -0.108. The van der Waals surface area contributed by atoms with Gasteiger partial charge in [0.25, 0.3) is 0 Å². The number of likely N-dealkylation sites (N-methyl/N-ethyl adjacent to an activating group) is 1. The van der Waals surface area contributed by atoms with E-state index in [9.17, 15) is 4.79 Å². The number of aryl methyl sites for hydroxylation is 1. The van der Waals surface area contributed by atoms with Gasteiger partial charge in [-0.2, -0.15) is 0 Å². The highest BCUT2D eigenvalue weighted by Crippen LogP contribution is 2.20. The molecule has 140 valence electrons. The first-order valence-electron chi connectivity index (χ1n) is 9.25. The second kappa shape index (κ2) is 10.6. The van der Waals surface area contributed by atoms with Crippen LogP contribution in [0.4, 0.5) is 0 Å². The summed E-state index contributed by atoms with van der Waals surface area (Å²) in [5.74, 6) is 0. The molecule has 1 amide bonds. The van der Waals surface area contributed by atoms with E-state index in [2.05, 4.69) is 39.6 Å². The Hall–Kier alpha value is -2.40. The highest BCUT2D eigenvalue weighted by Gasteiger charge is 2.11. The molecule has 2 rings (SSSR count). The quantitative estimate of drug-likeness (QED) is 0.556. The summed E-state index contributed by atoms with van der Waals surface area (Å²) in [7, 11) is 1.86. The first kappa shape index (κ1) is 19.9. The third-order valence-electron chi connectivity index (χ3n) is 4.56. The number of likely N-dealkylation sites (tertiary alicyclic amines) is 1. The smallest absolute Gasteiger partial charge is 0.211 e. The molecule has 1 aliphatic heterocycles. The van der Waals surface area contributed by atoms with Gasteiger partial charge in [-0.1, -0.05) is 18.1 Å². The summed E-state index contributed by atoms with van der Waals surface area (Å²) in [5.41, 5.74) is 5.53. The van der Waals surface area contributed by atoms with E-state index in [0.717, 1.165) is 29.1 Å². The Morgan fingerprint density at radius 1 is 1.27 bits per heavy atom. The van der Waals surface area contributed by atoms with Crippen molar-refractivity contribution < 1.29 is 4.79 Å². The van der Waals surface area contributed by atoms with Crippen LogP contribution in [0, 0.1) is 6.92 Å². The normalized spacial score (nSPS) is 16.7. The molecule has 0 radical (unpaired) electrons. The molecule has 0 spiro atoms. The molecule has 1 fully saturated rings. The van der Waals surface area contributed by atoms with Crippen LogP contribution in [0.25, 0.3) is 12.2 Å². The minimum Gasteiger partial charge on any atom is -0.388 e. The topological polar surface area (TPSA) is 57.3 Å². The lowest BCUT2D eigenvalue weighted by Crippen LogP contribution is -2.31. The van der Waals surface area contributed by atoms with Gasteiger partial charge in [-0.05, 0) is 63.6 Å². The number of carbonyl (C=O) groups is 1. The van der Waals surface area contributed by atoms with Crippen molar-refractivity contribution >= 4 is 18.6 Å². The zero-order valence-electron chi connectivity index (χ0n) is 16.1. The standard InChI is InChI=1S/C21H30N4O/c1-17(15-25-11-5-4-6-12-25)13-21-18(2)24-10-7-19(21)14-20(22-3)8-9-23-16-26/h7-10,13-14,16,22H,4-6,11-12,15H2,1-3H3,(H,23,26)/b9-8-,17-13+,20-14+. The second-order valence-corrected chi connectivity index (χ2v) is 6.69. The number of allylic oxidation sites excluding steroid dienone is 1. The van der Waals surface area contributed by atoms with Crippen molar-refractivity contribution in [2.75, 3.05) is 26.7 Å². The molecule has 0 saturated carbocycles. The first-order chi connectivity index (χ1) is 12.6. The summed E-state index contributed by atoms with van der Waals surface area (Å²) in [5, 5.41) is 5.67. The van der Waals surface area contributed by atoms with Gasteiger partial charge in [-0.25, -0.2) is 0 Å². The van der Waals surface area contributed by atoms with Crippen LogP contribution >= 0.6 is 0 Å². The van der Waals surface area contributed by atoms with Gasteiger partial charge >= 0.3 is 0 Å². The van der Waals surface area contributed by atoms with E-state index in [4.69, 9.17) is 0 Å². The van der Waals surface area contributed by atoms with Crippen LogP contribution in [0.5, 0.6) is 0 Å². The zero-order valence-corrected chi connectivity index (χ0v) is 16.1. The summed E-state index contributed by atoms with van der Waals surface area (Å²) in [6, 6.07) is 2.02. The van der Waals surface area contributed by atoms with Crippen molar-refractivity contribution in [3.05, 3.63) is 52.6 Å². The molecular weight excluding hydrogens is 324 g/mol. The molecule has 5 heteroatoms. The van der Waals surface area contributed by atoms with Gasteiger partial charge in [0.05, 0.1) is 0 Å². The van der Waals surface area contributed by atoms with Crippen LogP contribution in [0.1, 0.15) is 43.0 Å². The average molecular weight is 354 g/mol. The second-order valence-electron chi connectivity index (χ2n) is 6.69. The third kappa shape index (κ3) is 6.15. The molecule has 0 aromatic carbocycles. The average Bonchev–Trinajstić information content (AvgIpc) is 2.64. The number of carbonyl (C=O) groups excluding carboxylic acids is 1. The van der Waals surface area contributed by atoms with E-state index < -0.39 is 0 Å². The van der Waals surface area contributed by atoms with Crippen LogP contribution < -0.4 is 10.6 Å². The van der Waals surface area contributed by atoms with Crippen molar-refractivity contribution in [1.82, 2.24) is 20.5 Å². The molecular formula is C21H30N4O. The van der Waals surface area contributed by atoms with Gasteiger partial charge in [-0.3, -0.25) is 14.7 Å². The van der Waals surface area contributed by atoms with Gasteiger partial charge in [0.1, 0.15) is 0 Å². The highest BCUT2D eigenvalue weighted by molar-refractivity contribution is 5.69. The number of aromatic nitrogens is 1. The zero-order chi connectivity index (χ0) is 18.8. The number of pyridine rings is 1. The molecule has 0 unspecified atom stereocenters. The molecule has 1 aromatic heterocycles. The largest absolute Gasteiger partial charge is 0.388 e. The summed E-state index contributed by atoms with van der Waals surface area (Å²) >= 11 is 0. The van der Waals surface area contributed by atoms with Crippen molar-refractivity contribution in [3.63, 3.8) is 0 Å². The Morgan fingerprint density at radius 2 is 2.04 bits per heavy atom. The van der Waals surface area contributed by atoms with Gasteiger partial charge in [0, 0.05) is 42.9 Å². The van der Waals surface area contributed by atoms with Crippen LogP contribution in [-0.4, -0.2) is 43.0 Å². The van der Waals surface area contributed by atoms with Crippen molar-refractivity contribution in [3.8, 4) is 0 Å². The fraction of sp³-hybridized carbons (Fsp3) is 0.429. The van der Waals surface area contributed by atoms with Crippen LogP contribution in [0.3, 0.4) is 0 Å². The molecule has 26 heavy (non-hydrogen) atoms. The molecule has 5 nitrogen and oxygen atoms in total. The molecule has 2 heterocycles. The van der Waals surface area contributed by atoms with Crippen molar-refractivity contribution in [2.24, 2.45) is 0 Å². The minimum atomic E-state index is 0.651. The predicted octanol–water partition coefficient (Wildman–Crippen LogP) is 3.10. The SMILES string of the molecule is CNC(/C=C\NC=O)=C/c1ccnc(C)c1/C=C(\C)CN1CCCCC1. The molecule has 0 aliphatic carbocycles. The summed E-state index contributed by atoms with van der Waals surface area (Å²) < 4.78 is 0. The number of amides is 1. The maximum atomic E-state index is 10.4. The number of nitrogens with one attached hydrogen (secondary N) is 2. The number of hydrogen-bond acceptors (Lipinski definition) is 4. The van der Waals surface area contributed by atoms with Gasteiger partial charge < -0.3 is 10.6 Å². The Labute approximate surface area is 156 Å². The molecule has 1 aliphatic rings. The Balaban J connectivity index is 2.24. The van der Waals surface area contributed by atoms with Gasteiger partial charge in [-0.15, -0.1) is 0 Å². The molecule has 0 bridgehead atoms. The van der Waals surface area contributed by atoms with E-state index in [1.165, 1.54) is 37.9 Å². The maximum Gasteiger partial charge on any atom is 0.211 e. The van der Waals surface area contributed by atoms with Crippen LogP contribution in [0.2, 0.25) is 0 Å². The van der Waals surface area contributed by atoms with Crippen LogP contribution in [0.15, 0.2) is 35.8 Å². The van der Waals surface area contributed by atoms with Crippen molar-refractivity contribution in [1.29, 1.82) is 0 Å². The van der Waals surface area contributed by atoms with Gasteiger partial charge in [0.15, 0.2) is 0 Å². The fourth-order valence-corrected chi connectivity index (χ4v) is 3.22. The van der Waals surface area contributed by atoms with E-state index in [-0.39, 0.29) is 0 Å². The van der Waals surface area contributed by atoms with Crippen molar-refractivity contribution in [2.45, 2.75) is 33.1 Å². The van der Waals surface area contributed by atoms with E-state index >= 15 is 0 Å². The monoisotopic (exact) mass is 354 g/mol.